The van der Waals surface area contributed by atoms with Crippen molar-refractivity contribution in [2.24, 2.45) is 0 Å². The van der Waals surface area contributed by atoms with Gasteiger partial charge >= 0.3 is 0 Å². The first-order valence-corrected chi connectivity index (χ1v) is 10.3. The van der Waals surface area contributed by atoms with Crippen molar-refractivity contribution in [3.63, 3.8) is 0 Å². The summed E-state index contributed by atoms with van der Waals surface area (Å²) in [5, 5.41) is 7.68. The number of ether oxygens (including phenoxy) is 2. The van der Waals surface area contributed by atoms with Gasteiger partial charge in [-0.25, -0.2) is 0 Å². The van der Waals surface area contributed by atoms with E-state index in [0.29, 0.717) is 27.6 Å². The lowest BCUT2D eigenvalue weighted by Gasteiger charge is -2.19. The maximum absolute atomic E-state index is 12.7. The van der Waals surface area contributed by atoms with Crippen LogP contribution >= 0.6 is 11.3 Å². The summed E-state index contributed by atoms with van der Waals surface area (Å²) in [6, 6.07) is 13.9. The molecule has 30 heavy (non-hydrogen) atoms. The van der Waals surface area contributed by atoms with Crippen molar-refractivity contribution < 1.29 is 19.1 Å². The third-order valence-electron chi connectivity index (χ3n) is 4.74. The van der Waals surface area contributed by atoms with Crippen molar-refractivity contribution in [2.75, 3.05) is 19.5 Å². The average Bonchev–Trinajstić information content (AvgIpc) is 3.29. The number of carbonyl (C=O) groups excluding carboxylic acids is 2. The molecule has 1 unspecified atom stereocenters. The quantitative estimate of drug-likeness (QED) is 0.570. The average molecular weight is 425 g/mol. The zero-order valence-corrected chi connectivity index (χ0v) is 18.1. The summed E-state index contributed by atoms with van der Waals surface area (Å²) in [4.78, 5) is 25.4. The van der Waals surface area contributed by atoms with Gasteiger partial charge in [-0.1, -0.05) is 6.07 Å². The van der Waals surface area contributed by atoms with E-state index in [1.54, 1.807) is 44.6 Å². The molecule has 2 aromatic carbocycles. The first-order valence-electron chi connectivity index (χ1n) is 9.41. The normalized spacial score (nSPS) is 11.5. The lowest BCUT2D eigenvalue weighted by Crippen LogP contribution is -2.27. The van der Waals surface area contributed by atoms with E-state index < -0.39 is 0 Å². The summed E-state index contributed by atoms with van der Waals surface area (Å²) in [7, 11) is 3.17. The molecular weight excluding hydrogens is 400 g/mol. The van der Waals surface area contributed by atoms with Gasteiger partial charge in [-0.2, -0.15) is 0 Å². The molecule has 0 aliphatic carbocycles. The Hall–Kier alpha value is -3.32. The van der Waals surface area contributed by atoms with Gasteiger partial charge < -0.3 is 20.1 Å². The molecule has 0 bridgehead atoms. The van der Waals surface area contributed by atoms with Crippen LogP contribution in [0.4, 0.5) is 5.69 Å². The molecule has 1 aromatic heterocycles. The molecule has 0 radical (unpaired) electrons. The summed E-state index contributed by atoms with van der Waals surface area (Å²) in [6.07, 6.45) is 0. The first kappa shape index (κ1) is 21.4. The van der Waals surface area contributed by atoms with Crippen LogP contribution in [-0.4, -0.2) is 26.0 Å². The van der Waals surface area contributed by atoms with Crippen LogP contribution in [0.5, 0.6) is 11.5 Å². The Labute approximate surface area is 179 Å². The molecular formula is C23H24N2O4S. The SMILES string of the molecule is COc1cc(C)c(C(C)NC(=O)c2ccc(NC(=O)c3cccs3)cc2)cc1OC. The Bertz CT molecular complexity index is 1030. The molecule has 0 saturated carbocycles. The largest absolute Gasteiger partial charge is 0.493 e. The highest BCUT2D eigenvalue weighted by atomic mass is 32.1. The molecule has 1 atom stereocenters. The Morgan fingerprint density at radius 3 is 2.23 bits per heavy atom. The number of rotatable bonds is 7. The molecule has 0 saturated heterocycles. The lowest BCUT2D eigenvalue weighted by atomic mass is 10.0. The zero-order chi connectivity index (χ0) is 21.7. The number of aryl methyl sites for hydroxylation is 1. The van der Waals surface area contributed by atoms with Crippen molar-refractivity contribution in [2.45, 2.75) is 19.9 Å². The molecule has 3 rings (SSSR count). The molecule has 0 fully saturated rings. The van der Waals surface area contributed by atoms with Crippen LogP contribution in [0.25, 0.3) is 0 Å². The van der Waals surface area contributed by atoms with Crippen LogP contribution in [0.3, 0.4) is 0 Å². The molecule has 2 amide bonds. The van der Waals surface area contributed by atoms with Gasteiger partial charge in [0.25, 0.3) is 11.8 Å². The standard InChI is InChI=1S/C23H24N2O4S/c1-14-12-19(28-3)20(29-4)13-18(14)15(2)24-22(26)16-7-9-17(10-8-16)25-23(27)21-6-5-11-30-21/h5-13,15H,1-4H3,(H,24,26)(H,25,27). The molecule has 3 aromatic rings. The van der Waals surface area contributed by atoms with Crippen LogP contribution in [0.15, 0.2) is 53.9 Å². The van der Waals surface area contributed by atoms with E-state index in [1.807, 2.05) is 37.4 Å². The summed E-state index contributed by atoms with van der Waals surface area (Å²) in [5.74, 6) is 0.898. The van der Waals surface area contributed by atoms with Crippen molar-refractivity contribution >= 4 is 28.8 Å². The van der Waals surface area contributed by atoms with Crippen LogP contribution in [-0.2, 0) is 0 Å². The molecule has 0 aliphatic rings. The van der Waals surface area contributed by atoms with Gasteiger partial charge in [0, 0.05) is 11.3 Å². The molecule has 2 N–H and O–H groups in total. The predicted octanol–water partition coefficient (Wildman–Crippen LogP) is 4.82. The number of amides is 2. The highest BCUT2D eigenvalue weighted by Gasteiger charge is 2.17. The van der Waals surface area contributed by atoms with E-state index in [9.17, 15) is 9.59 Å². The fourth-order valence-corrected chi connectivity index (χ4v) is 3.74. The van der Waals surface area contributed by atoms with Gasteiger partial charge in [0.2, 0.25) is 0 Å². The third kappa shape index (κ3) is 4.80. The number of benzene rings is 2. The van der Waals surface area contributed by atoms with Gasteiger partial charge in [0.15, 0.2) is 11.5 Å². The van der Waals surface area contributed by atoms with E-state index in [1.165, 1.54) is 11.3 Å². The van der Waals surface area contributed by atoms with Crippen molar-refractivity contribution in [3.8, 4) is 11.5 Å². The minimum atomic E-state index is -0.226. The topological polar surface area (TPSA) is 76.7 Å². The smallest absolute Gasteiger partial charge is 0.265 e. The van der Waals surface area contributed by atoms with E-state index in [0.717, 1.165) is 11.1 Å². The monoisotopic (exact) mass is 424 g/mol. The molecule has 6 nitrogen and oxygen atoms in total. The minimum absolute atomic E-state index is 0.167. The third-order valence-corrected chi connectivity index (χ3v) is 5.60. The maximum Gasteiger partial charge on any atom is 0.265 e. The van der Waals surface area contributed by atoms with Gasteiger partial charge in [0.1, 0.15) is 0 Å². The Morgan fingerprint density at radius 1 is 0.967 bits per heavy atom. The van der Waals surface area contributed by atoms with Gasteiger partial charge in [-0.05, 0) is 72.8 Å². The number of hydrogen-bond acceptors (Lipinski definition) is 5. The molecule has 0 aliphatic heterocycles. The highest BCUT2D eigenvalue weighted by molar-refractivity contribution is 7.12. The van der Waals surface area contributed by atoms with Crippen molar-refractivity contribution in [3.05, 3.63) is 75.5 Å². The first-order chi connectivity index (χ1) is 14.4. The van der Waals surface area contributed by atoms with Crippen molar-refractivity contribution in [1.82, 2.24) is 5.32 Å². The summed E-state index contributed by atoms with van der Waals surface area (Å²) in [6.45, 7) is 3.88. The van der Waals surface area contributed by atoms with E-state index in [-0.39, 0.29) is 17.9 Å². The number of hydrogen-bond donors (Lipinski definition) is 2. The number of anilines is 1. The fourth-order valence-electron chi connectivity index (χ4n) is 3.13. The summed E-state index contributed by atoms with van der Waals surface area (Å²) >= 11 is 1.38. The Balaban J connectivity index is 1.68. The Morgan fingerprint density at radius 2 is 1.63 bits per heavy atom. The highest BCUT2D eigenvalue weighted by Crippen LogP contribution is 2.33. The van der Waals surface area contributed by atoms with Crippen LogP contribution < -0.4 is 20.1 Å². The fraction of sp³-hybridized carbons (Fsp3) is 0.217. The van der Waals surface area contributed by atoms with Crippen LogP contribution in [0.1, 0.15) is 44.1 Å². The van der Waals surface area contributed by atoms with E-state index >= 15 is 0 Å². The van der Waals surface area contributed by atoms with Gasteiger partial charge in [-0.15, -0.1) is 11.3 Å². The van der Waals surface area contributed by atoms with Gasteiger partial charge in [-0.3, -0.25) is 9.59 Å². The second kappa shape index (κ2) is 9.45. The molecule has 1 heterocycles. The van der Waals surface area contributed by atoms with E-state index in [2.05, 4.69) is 10.6 Å². The van der Waals surface area contributed by atoms with Crippen LogP contribution in [0, 0.1) is 6.92 Å². The second-order valence-corrected chi connectivity index (χ2v) is 7.72. The minimum Gasteiger partial charge on any atom is -0.493 e. The molecule has 156 valence electrons. The molecule has 0 spiro atoms. The maximum atomic E-state index is 12.7. The summed E-state index contributed by atoms with van der Waals surface area (Å²) < 4.78 is 10.7. The zero-order valence-electron chi connectivity index (χ0n) is 17.3. The Kier molecular flexibility index (Phi) is 6.74. The number of carbonyl (C=O) groups is 2. The predicted molar refractivity (Wildman–Crippen MR) is 119 cm³/mol. The number of thiophene rings is 1. The number of nitrogens with one attached hydrogen (secondary N) is 2. The number of methoxy groups -OCH3 is 2. The van der Waals surface area contributed by atoms with Crippen molar-refractivity contribution in [1.29, 1.82) is 0 Å². The van der Waals surface area contributed by atoms with E-state index in [4.69, 9.17) is 9.47 Å². The van der Waals surface area contributed by atoms with Gasteiger partial charge in [0.05, 0.1) is 25.1 Å². The lowest BCUT2D eigenvalue weighted by molar-refractivity contribution is 0.0939. The van der Waals surface area contributed by atoms with Crippen LogP contribution in [0.2, 0.25) is 0 Å². The molecule has 7 heteroatoms. The summed E-state index contributed by atoms with van der Waals surface area (Å²) in [5.41, 5.74) is 3.08. The second-order valence-electron chi connectivity index (χ2n) is 6.77.